The molecule has 0 radical (unpaired) electrons. The van der Waals surface area contributed by atoms with Crippen LogP contribution in [-0.2, 0) is 9.59 Å². The molecule has 0 saturated carbocycles. The van der Waals surface area contributed by atoms with Crippen molar-refractivity contribution >= 4 is 23.6 Å². The summed E-state index contributed by atoms with van der Waals surface area (Å²) in [5.74, 6) is -0.471. The maximum atomic E-state index is 12.4. The van der Waals surface area contributed by atoms with Gasteiger partial charge in [-0.15, -0.1) is 0 Å². The van der Waals surface area contributed by atoms with Gasteiger partial charge in [-0.2, -0.15) is 4.99 Å². The molecule has 26 heavy (non-hydrogen) atoms. The molecule has 3 rings (SSSR count). The van der Waals surface area contributed by atoms with Gasteiger partial charge in [-0.25, -0.2) is 4.79 Å². The zero-order valence-corrected chi connectivity index (χ0v) is 15.2. The summed E-state index contributed by atoms with van der Waals surface area (Å²) in [6.07, 6.45) is 10.2. The summed E-state index contributed by atoms with van der Waals surface area (Å²) in [4.78, 5) is 43.8. The minimum atomic E-state index is -0.668. The second-order valence-corrected chi connectivity index (χ2v) is 7.19. The summed E-state index contributed by atoms with van der Waals surface area (Å²) < 4.78 is 0. The van der Waals surface area contributed by atoms with Gasteiger partial charge < -0.3 is 10.2 Å². The second-order valence-electron chi connectivity index (χ2n) is 7.19. The first-order valence-electron chi connectivity index (χ1n) is 9.32. The number of allylic oxidation sites excluding steroid dienone is 3. The molecule has 2 heterocycles. The number of carbonyl (C=O) groups excluding carboxylic acids is 3. The van der Waals surface area contributed by atoms with E-state index in [0.717, 1.165) is 36.9 Å². The maximum Gasteiger partial charge on any atom is 0.351 e. The number of piperidine rings is 1. The van der Waals surface area contributed by atoms with Crippen LogP contribution in [-0.4, -0.2) is 66.1 Å². The van der Waals surface area contributed by atoms with Gasteiger partial charge in [-0.3, -0.25) is 14.5 Å². The summed E-state index contributed by atoms with van der Waals surface area (Å²) in [6.45, 7) is 5.76. The molecular formula is C19H26N4O3. The Kier molecular flexibility index (Phi) is 5.98. The van der Waals surface area contributed by atoms with E-state index < -0.39 is 17.9 Å². The highest BCUT2D eigenvalue weighted by atomic mass is 16.2. The lowest BCUT2D eigenvalue weighted by atomic mass is 9.95. The Morgan fingerprint density at radius 3 is 2.81 bits per heavy atom. The van der Waals surface area contributed by atoms with Gasteiger partial charge in [0.1, 0.15) is 6.54 Å². The summed E-state index contributed by atoms with van der Waals surface area (Å²) >= 11 is 0. The van der Waals surface area contributed by atoms with Crippen LogP contribution >= 0.6 is 0 Å². The number of hydrogen-bond donors (Lipinski definition) is 1. The molecule has 0 aromatic heterocycles. The van der Waals surface area contributed by atoms with Crippen molar-refractivity contribution in [2.75, 3.05) is 32.7 Å². The van der Waals surface area contributed by atoms with Gasteiger partial charge in [0.2, 0.25) is 11.8 Å². The predicted molar refractivity (Wildman–Crippen MR) is 98.8 cm³/mol. The molecule has 1 N–H and O–H groups in total. The van der Waals surface area contributed by atoms with Crippen molar-refractivity contribution in [3.63, 3.8) is 0 Å². The van der Waals surface area contributed by atoms with Crippen LogP contribution in [0.2, 0.25) is 0 Å². The standard InChI is InChI=1S/C19H26N4O3/c1-14-7-11-22(12-8-14)10-4-9-20-17(24)13-23-18(25)15-5-2-3-6-16(15)21-19(23)26/h2-3,5-6,14-15H,4,7-13H2,1H3,(H,20,24). The quantitative estimate of drug-likeness (QED) is 0.727. The zero-order valence-electron chi connectivity index (χ0n) is 15.2. The molecule has 1 unspecified atom stereocenters. The molecule has 0 aromatic rings. The van der Waals surface area contributed by atoms with E-state index in [1.807, 2.05) is 0 Å². The summed E-state index contributed by atoms with van der Waals surface area (Å²) in [5.41, 5.74) is 0.440. The number of urea groups is 1. The average Bonchev–Trinajstić information content (AvgIpc) is 2.64. The van der Waals surface area contributed by atoms with Crippen molar-refractivity contribution in [1.82, 2.24) is 15.1 Å². The fourth-order valence-corrected chi connectivity index (χ4v) is 3.44. The summed E-state index contributed by atoms with van der Waals surface area (Å²) in [7, 11) is 0. The molecule has 0 bridgehead atoms. The normalized spacial score (nSPS) is 23.8. The zero-order chi connectivity index (χ0) is 18.5. The van der Waals surface area contributed by atoms with Crippen LogP contribution in [0.3, 0.4) is 0 Å². The van der Waals surface area contributed by atoms with Crippen LogP contribution in [0.4, 0.5) is 4.79 Å². The number of hydrogen-bond acceptors (Lipinski definition) is 4. The Balaban J connectivity index is 1.41. The molecule has 2 aliphatic heterocycles. The fraction of sp³-hybridized carbons (Fsp3) is 0.579. The summed E-state index contributed by atoms with van der Waals surface area (Å²) in [6, 6.07) is -0.668. The first kappa shape index (κ1) is 18.5. The summed E-state index contributed by atoms with van der Waals surface area (Å²) in [5, 5.41) is 2.80. The number of nitrogens with one attached hydrogen (secondary N) is 1. The van der Waals surface area contributed by atoms with E-state index in [1.54, 1.807) is 24.3 Å². The van der Waals surface area contributed by atoms with E-state index in [1.165, 1.54) is 12.8 Å². The third-order valence-electron chi connectivity index (χ3n) is 5.14. The molecule has 3 aliphatic rings. The first-order valence-corrected chi connectivity index (χ1v) is 9.32. The number of amides is 4. The second kappa shape index (κ2) is 8.40. The lowest BCUT2D eigenvalue weighted by molar-refractivity contribution is -0.134. The number of rotatable bonds is 6. The third-order valence-corrected chi connectivity index (χ3v) is 5.14. The molecular weight excluding hydrogens is 332 g/mol. The molecule has 7 nitrogen and oxygen atoms in total. The minimum Gasteiger partial charge on any atom is -0.354 e. The first-order chi connectivity index (χ1) is 12.5. The van der Waals surface area contributed by atoms with Gasteiger partial charge in [-0.05, 0) is 50.9 Å². The van der Waals surface area contributed by atoms with Crippen LogP contribution in [0.1, 0.15) is 26.2 Å². The number of carbonyl (C=O) groups is 3. The Morgan fingerprint density at radius 2 is 2.04 bits per heavy atom. The molecule has 0 aromatic carbocycles. The van der Waals surface area contributed by atoms with Crippen LogP contribution in [0.15, 0.2) is 29.3 Å². The van der Waals surface area contributed by atoms with E-state index in [2.05, 4.69) is 22.1 Å². The Hall–Kier alpha value is -2.28. The van der Waals surface area contributed by atoms with E-state index in [4.69, 9.17) is 0 Å². The van der Waals surface area contributed by atoms with Crippen molar-refractivity contribution in [2.24, 2.45) is 16.8 Å². The van der Waals surface area contributed by atoms with Gasteiger partial charge in [0.05, 0.1) is 11.6 Å². The smallest absolute Gasteiger partial charge is 0.351 e. The van der Waals surface area contributed by atoms with Gasteiger partial charge in [0.25, 0.3) is 0 Å². The van der Waals surface area contributed by atoms with Crippen molar-refractivity contribution in [3.8, 4) is 0 Å². The van der Waals surface area contributed by atoms with Crippen molar-refractivity contribution in [1.29, 1.82) is 0 Å². The van der Waals surface area contributed by atoms with Crippen LogP contribution < -0.4 is 5.32 Å². The molecule has 140 valence electrons. The fourth-order valence-electron chi connectivity index (χ4n) is 3.44. The van der Waals surface area contributed by atoms with Gasteiger partial charge >= 0.3 is 6.03 Å². The topological polar surface area (TPSA) is 82.1 Å². The van der Waals surface area contributed by atoms with Crippen molar-refractivity contribution in [3.05, 3.63) is 24.3 Å². The van der Waals surface area contributed by atoms with Crippen LogP contribution in [0.5, 0.6) is 0 Å². The monoisotopic (exact) mass is 358 g/mol. The van der Waals surface area contributed by atoms with E-state index >= 15 is 0 Å². The Labute approximate surface area is 153 Å². The number of nitrogens with zero attached hydrogens (tertiary/aromatic N) is 3. The van der Waals surface area contributed by atoms with Crippen molar-refractivity contribution < 1.29 is 14.4 Å². The number of imide groups is 1. The van der Waals surface area contributed by atoms with Gasteiger partial charge in [0, 0.05) is 6.54 Å². The highest BCUT2D eigenvalue weighted by Gasteiger charge is 2.36. The molecule has 0 spiro atoms. The van der Waals surface area contributed by atoms with E-state index in [9.17, 15) is 14.4 Å². The van der Waals surface area contributed by atoms with Gasteiger partial charge in [-0.1, -0.05) is 25.2 Å². The van der Waals surface area contributed by atoms with E-state index in [-0.39, 0.29) is 12.5 Å². The van der Waals surface area contributed by atoms with Crippen LogP contribution in [0.25, 0.3) is 0 Å². The molecule has 4 amide bonds. The molecule has 1 fully saturated rings. The molecule has 1 atom stereocenters. The number of aliphatic imine (C=N–C) groups is 1. The number of likely N-dealkylation sites (tertiary alicyclic amines) is 1. The minimum absolute atomic E-state index is 0.274. The van der Waals surface area contributed by atoms with Crippen LogP contribution in [0, 0.1) is 11.8 Å². The largest absolute Gasteiger partial charge is 0.354 e. The van der Waals surface area contributed by atoms with Crippen molar-refractivity contribution in [2.45, 2.75) is 26.2 Å². The number of fused-ring (bicyclic) bond motifs is 1. The Morgan fingerprint density at radius 1 is 1.27 bits per heavy atom. The van der Waals surface area contributed by atoms with E-state index in [0.29, 0.717) is 12.3 Å². The Bertz CT molecular complexity index is 660. The third kappa shape index (κ3) is 4.46. The SMILES string of the molecule is CC1CCN(CCCNC(=O)CN2C(=O)N=C3C=CC=CC3C2=O)CC1. The molecule has 1 saturated heterocycles. The maximum absolute atomic E-state index is 12.4. The van der Waals surface area contributed by atoms with Gasteiger partial charge in [0.15, 0.2) is 0 Å². The highest BCUT2D eigenvalue weighted by Crippen LogP contribution is 2.19. The highest BCUT2D eigenvalue weighted by molar-refractivity contribution is 6.22. The molecule has 1 aliphatic carbocycles. The lowest BCUT2D eigenvalue weighted by Gasteiger charge is -2.30. The lowest BCUT2D eigenvalue weighted by Crippen LogP contribution is -2.50. The molecule has 7 heteroatoms. The average molecular weight is 358 g/mol. The predicted octanol–water partition coefficient (Wildman–Crippen LogP) is 1.37.